The normalized spacial score (nSPS) is 16.3. The molecule has 5 heteroatoms. The highest BCUT2D eigenvalue weighted by molar-refractivity contribution is 5.89. The summed E-state index contributed by atoms with van der Waals surface area (Å²) in [5.41, 5.74) is 0.544. The van der Waals surface area contributed by atoms with Gasteiger partial charge in [-0.25, -0.2) is 4.79 Å². The van der Waals surface area contributed by atoms with Crippen LogP contribution in [0.1, 0.15) is 30.1 Å². The van der Waals surface area contributed by atoms with Gasteiger partial charge in [0, 0.05) is 12.8 Å². The van der Waals surface area contributed by atoms with Crippen LogP contribution in [0.15, 0.2) is 24.3 Å². The van der Waals surface area contributed by atoms with Crippen LogP contribution in [0.25, 0.3) is 0 Å². The number of esters is 1. The zero-order valence-electron chi connectivity index (χ0n) is 12.0. The molecule has 0 saturated carbocycles. The fourth-order valence-corrected chi connectivity index (χ4v) is 2.53. The highest BCUT2D eigenvalue weighted by Crippen LogP contribution is 2.13. The number of ether oxygens (including phenoxy) is 2. The molecule has 1 unspecified atom stereocenters. The lowest BCUT2D eigenvalue weighted by atomic mass is 10.2. The van der Waals surface area contributed by atoms with Crippen molar-refractivity contribution >= 4 is 5.97 Å². The minimum Gasteiger partial charge on any atom is -1.00 e. The Morgan fingerprint density at radius 1 is 1.35 bits per heavy atom. The first-order valence-electron chi connectivity index (χ1n) is 6.87. The summed E-state index contributed by atoms with van der Waals surface area (Å²) < 4.78 is 10.6. The SMILES string of the molecule is COc1cccc(C(=O)OC(C)C[NH+]2CCCC2)c1.[Cl-]. The second-order valence-corrected chi connectivity index (χ2v) is 5.11. The third-order valence-electron chi connectivity index (χ3n) is 3.50. The number of hydrogen-bond donors (Lipinski definition) is 1. The molecule has 0 aliphatic carbocycles. The molecule has 0 bridgehead atoms. The monoisotopic (exact) mass is 299 g/mol. The van der Waals surface area contributed by atoms with E-state index in [4.69, 9.17) is 9.47 Å². The van der Waals surface area contributed by atoms with Crippen LogP contribution in [0.4, 0.5) is 0 Å². The van der Waals surface area contributed by atoms with Gasteiger partial charge in [-0.15, -0.1) is 0 Å². The fourth-order valence-electron chi connectivity index (χ4n) is 2.53. The van der Waals surface area contributed by atoms with Gasteiger partial charge in [-0.2, -0.15) is 0 Å². The van der Waals surface area contributed by atoms with Gasteiger partial charge in [-0.05, 0) is 25.1 Å². The first kappa shape index (κ1) is 16.8. The minimum atomic E-state index is -0.273. The smallest absolute Gasteiger partial charge is 0.338 e. The number of halogens is 1. The van der Waals surface area contributed by atoms with Crippen molar-refractivity contribution in [2.75, 3.05) is 26.7 Å². The summed E-state index contributed by atoms with van der Waals surface area (Å²) in [6, 6.07) is 7.07. The predicted octanol–water partition coefficient (Wildman–Crippen LogP) is -2.08. The van der Waals surface area contributed by atoms with Crippen molar-refractivity contribution in [2.45, 2.75) is 25.9 Å². The molecule has 112 valence electrons. The van der Waals surface area contributed by atoms with Gasteiger partial charge >= 0.3 is 5.97 Å². The maximum atomic E-state index is 12.0. The number of carbonyl (C=O) groups excluding carboxylic acids is 1. The molecule has 1 aliphatic heterocycles. The molecular weight excluding hydrogens is 278 g/mol. The number of methoxy groups -OCH3 is 1. The predicted molar refractivity (Wildman–Crippen MR) is 72.7 cm³/mol. The number of likely N-dealkylation sites (tertiary alicyclic amines) is 1. The lowest BCUT2D eigenvalue weighted by Crippen LogP contribution is -3.11. The summed E-state index contributed by atoms with van der Waals surface area (Å²) in [6.45, 7) is 5.25. The van der Waals surface area contributed by atoms with Gasteiger partial charge < -0.3 is 26.8 Å². The van der Waals surface area contributed by atoms with E-state index in [0.717, 1.165) is 6.54 Å². The number of benzene rings is 1. The molecule has 1 atom stereocenters. The second-order valence-electron chi connectivity index (χ2n) is 5.11. The number of nitrogens with one attached hydrogen (secondary N) is 1. The van der Waals surface area contributed by atoms with Gasteiger partial charge in [0.05, 0.1) is 25.8 Å². The highest BCUT2D eigenvalue weighted by Gasteiger charge is 2.21. The molecule has 1 aliphatic rings. The molecule has 1 aromatic rings. The van der Waals surface area contributed by atoms with Crippen LogP contribution in [0.2, 0.25) is 0 Å². The summed E-state index contributed by atoms with van der Waals surface area (Å²) >= 11 is 0. The summed E-state index contributed by atoms with van der Waals surface area (Å²) in [5, 5.41) is 0. The second kappa shape index (κ2) is 8.12. The van der Waals surface area contributed by atoms with Crippen molar-refractivity contribution in [3.05, 3.63) is 29.8 Å². The zero-order valence-corrected chi connectivity index (χ0v) is 12.8. The molecule has 4 nitrogen and oxygen atoms in total. The van der Waals surface area contributed by atoms with Gasteiger partial charge in [0.2, 0.25) is 0 Å². The van der Waals surface area contributed by atoms with Crippen molar-refractivity contribution in [1.29, 1.82) is 0 Å². The molecule has 1 saturated heterocycles. The quantitative estimate of drug-likeness (QED) is 0.635. The van der Waals surface area contributed by atoms with Gasteiger partial charge in [0.15, 0.2) is 0 Å². The Kier molecular flexibility index (Phi) is 6.82. The molecule has 1 aromatic carbocycles. The molecule has 0 radical (unpaired) electrons. The van der Waals surface area contributed by atoms with Crippen molar-refractivity contribution in [1.82, 2.24) is 0 Å². The molecule has 0 amide bonds. The average Bonchev–Trinajstić information content (AvgIpc) is 2.91. The van der Waals surface area contributed by atoms with Gasteiger partial charge in [0.25, 0.3) is 0 Å². The first-order chi connectivity index (χ1) is 9.19. The lowest BCUT2D eigenvalue weighted by molar-refractivity contribution is -0.890. The highest BCUT2D eigenvalue weighted by atomic mass is 35.5. The Morgan fingerprint density at radius 2 is 2.05 bits per heavy atom. The van der Waals surface area contributed by atoms with Crippen LogP contribution < -0.4 is 22.0 Å². The molecule has 1 fully saturated rings. The Hall–Kier alpha value is -1.26. The van der Waals surface area contributed by atoms with Crippen molar-refractivity contribution < 1.29 is 31.6 Å². The summed E-state index contributed by atoms with van der Waals surface area (Å²) in [4.78, 5) is 13.5. The molecule has 2 rings (SSSR count). The Morgan fingerprint density at radius 3 is 2.70 bits per heavy atom. The third kappa shape index (κ3) is 4.69. The summed E-state index contributed by atoms with van der Waals surface area (Å²) in [5.74, 6) is 0.400. The van der Waals surface area contributed by atoms with Crippen molar-refractivity contribution in [3.8, 4) is 5.75 Å². The number of rotatable bonds is 5. The number of carbonyl (C=O) groups is 1. The first-order valence-corrected chi connectivity index (χ1v) is 6.87. The van der Waals surface area contributed by atoms with Crippen LogP contribution in [0.3, 0.4) is 0 Å². The standard InChI is InChI=1S/C15H21NO3.ClH/c1-12(11-16-8-3-4-9-16)19-15(17)13-6-5-7-14(10-13)18-2;/h5-7,10,12H,3-4,8-9,11H2,1-2H3;1H. The van der Waals surface area contributed by atoms with Crippen molar-refractivity contribution in [2.24, 2.45) is 0 Å². The van der Waals surface area contributed by atoms with Crippen LogP contribution in [0.5, 0.6) is 5.75 Å². The van der Waals surface area contributed by atoms with Crippen LogP contribution >= 0.6 is 0 Å². The molecule has 0 spiro atoms. The van der Waals surface area contributed by atoms with E-state index in [2.05, 4.69) is 0 Å². The van der Waals surface area contributed by atoms with Crippen LogP contribution in [-0.4, -0.2) is 38.8 Å². The summed E-state index contributed by atoms with van der Waals surface area (Å²) in [7, 11) is 1.59. The van der Waals surface area contributed by atoms with Crippen LogP contribution in [0, 0.1) is 0 Å². The van der Waals surface area contributed by atoms with Gasteiger partial charge in [0.1, 0.15) is 18.4 Å². The topological polar surface area (TPSA) is 40.0 Å². The maximum Gasteiger partial charge on any atom is 0.338 e. The molecular formula is C15H22ClNO3. The Labute approximate surface area is 126 Å². The van der Waals surface area contributed by atoms with E-state index in [1.165, 1.54) is 30.8 Å². The van der Waals surface area contributed by atoms with E-state index >= 15 is 0 Å². The van der Waals surface area contributed by atoms with E-state index in [0.29, 0.717) is 11.3 Å². The zero-order chi connectivity index (χ0) is 13.7. The molecule has 1 N–H and O–H groups in total. The van der Waals surface area contributed by atoms with E-state index in [-0.39, 0.29) is 24.5 Å². The van der Waals surface area contributed by atoms with Crippen LogP contribution in [-0.2, 0) is 4.74 Å². The molecule has 0 aromatic heterocycles. The average molecular weight is 300 g/mol. The van der Waals surface area contributed by atoms with E-state index in [1.807, 2.05) is 13.0 Å². The van der Waals surface area contributed by atoms with Gasteiger partial charge in [-0.1, -0.05) is 6.07 Å². The Bertz CT molecular complexity index is 433. The summed E-state index contributed by atoms with van der Waals surface area (Å²) in [6.07, 6.45) is 2.52. The van der Waals surface area contributed by atoms with E-state index in [1.54, 1.807) is 25.3 Å². The van der Waals surface area contributed by atoms with Crippen molar-refractivity contribution in [3.63, 3.8) is 0 Å². The number of quaternary nitrogens is 1. The minimum absolute atomic E-state index is 0. The largest absolute Gasteiger partial charge is 1.00 e. The fraction of sp³-hybridized carbons (Fsp3) is 0.533. The maximum absolute atomic E-state index is 12.0. The third-order valence-corrected chi connectivity index (χ3v) is 3.50. The molecule has 1 heterocycles. The number of hydrogen-bond acceptors (Lipinski definition) is 3. The van der Waals surface area contributed by atoms with E-state index in [9.17, 15) is 4.79 Å². The lowest BCUT2D eigenvalue weighted by Gasteiger charge is -2.18. The van der Waals surface area contributed by atoms with Gasteiger partial charge in [-0.3, -0.25) is 0 Å². The van der Waals surface area contributed by atoms with E-state index < -0.39 is 0 Å². The molecule has 20 heavy (non-hydrogen) atoms. The Balaban J connectivity index is 0.00000200.